The Morgan fingerprint density at radius 2 is 1.83 bits per heavy atom. The number of halogens is 1. The summed E-state index contributed by atoms with van der Waals surface area (Å²) in [5.41, 5.74) is 0.970. The van der Waals surface area contributed by atoms with Crippen molar-refractivity contribution in [1.29, 1.82) is 0 Å². The fourth-order valence-electron chi connectivity index (χ4n) is 3.02. The van der Waals surface area contributed by atoms with Gasteiger partial charge in [0.2, 0.25) is 0 Å². The summed E-state index contributed by atoms with van der Waals surface area (Å²) in [7, 11) is 0. The summed E-state index contributed by atoms with van der Waals surface area (Å²) < 4.78 is 5.73. The number of thiocarbonyl (C=S) groups is 1. The highest BCUT2D eigenvalue weighted by atomic mass is 35.5. The summed E-state index contributed by atoms with van der Waals surface area (Å²) in [5, 5.41) is 16.0. The normalized spacial score (nSPS) is 14.6. The Balaban J connectivity index is 1.60. The first-order valence-electron chi connectivity index (χ1n) is 9.48. The van der Waals surface area contributed by atoms with Crippen LogP contribution in [0, 0.1) is 0 Å². The van der Waals surface area contributed by atoms with Crippen LogP contribution in [-0.2, 0) is 11.2 Å². The van der Waals surface area contributed by atoms with Crippen LogP contribution in [0.5, 0.6) is 5.75 Å². The van der Waals surface area contributed by atoms with Gasteiger partial charge >= 0.3 is 5.97 Å². The molecular formula is C21H22ClN3O4S. The summed E-state index contributed by atoms with van der Waals surface area (Å²) in [6, 6.07) is 12.4. The number of ether oxygens (including phenoxy) is 1. The summed E-state index contributed by atoms with van der Waals surface area (Å²) in [6.45, 7) is 3.31. The van der Waals surface area contributed by atoms with E-state index in [9.17, 15) is 14.7 Å². The second-order valence-electron chi connectivity index (χ2n) is 6.80. The van der Waals surface area contributed by atoms with Crippen LogP contribution in [-0.4, -0.2) is 59.3 Å². The number of amides is 1. The maximum absolute atomic E-state index is 12.4. The van der Waals surface area contributed by atoms with E-state index in [1.165, 1.54) is 0 Å². The number of piperazine rings is 1. The number of nitrogens with zero attached hydrogens (tertiary/aromatic N) is 1. The summed E-state index contributed by atoms with van der Waals surface area (Å²) in [4.78, 5) is 26.0. The van der Waals surface area contributed by atoms with Gasteiger partial charge in [-0.15, -0.1) is 0 Å². The lowest BCUT2D eigenvalue weighted by Gasteiger charge is -2.28. The minimum absolute atomic E-state index is 0.119. The number of rotatable bonds is 6. The molecule has 9 heteroatoms. The molecule has 158 valence electrons. The molecule has 2 aromatic carbocycles. The molecule has 0 aliphatic carbocycles. The minimum atomic E-state index is -1.13. The summed E-state index contributed by atoms with van der Waals surface area (Å²) in [5.74, 6) is -1.08. The topological polar surface area (TPSA) is 90.9 Å². The highest BCUT2D eigenvalue weighted by molar-refractivity contribution is 7.80. The van der Waals surface area contributed by atoms with Gasteiger partial charge in [-0.1, -0.05) is 35.9 Å². The van der Waals surface area contributed by atoms with Crippen molar-refractivity contribution in [3.05, 3.63) is 64.7 Å². The van der Waals surface area contributed by atoms with Crippen molar-refractivity contribution in [2.75, 3.05) is 26.2 Å². The zero-order valence-electron chi connectivity index (χ0n) is 16.1. The smallest absolute Gasteiger partial charge is 0.326 e. The lowest BCUT2D eigenvalue weighted by Crippen LogP contribution is -2.47. The van der Waals surface area contributed by atoms with Crippen molar-refractivity contribution < 1.29 is 19.4 Å². The van der Waals surface area contributed by atoms with Crippen molar-refractivity contribution in [1.82, 2.24) is 15.5 Å². The third-order valence-electron chi connectivity index (χ3n) is 4.67. The van der Waals surface area contributed by atoms with Gasteiger partial charge < -0.3 is 25.4 Å². The van der Waals surface area contributed by atoms with Crippen LogP contribution in [0.4, 0.5) is 0 Å². The van der Waals surface area contributed by atoms with Gasteiger partial charge in [0, 0.05) is 32.6 Å². The van der Waals surface area contributed by atoms with Gasteiger partial charge in [-0.25, -0.2) is 4.79 Å². The van der Waals surface area contributed by atoms with E-state index in [1.807, 2.05) is 4.90 Å². The van der Waals surface area contributed by atoms with Gasteiger partial charge in [-0.3, -0.25) is 4.79 Å². The van der Waals surface area contributed by atoms with E-state index >= 15 is 0 Å². The first-order valence-corrected chi connectivity index (χ1v) is 10.3. The predicted molar refractivity (Wildman–Crippen MR) is 118 cm³/mol. The highest BCUT2D eigenvalue weighted by Gasteiger charge is 2.22. The quantitative estimate of drug-likeness (QED) is 0.585. The average molecular weight is 448 g/mol. The van der Waals surface area contributed by atoms with E-state index < -0.39 is 17.9 Å². The van der Waals surface area contributed by atoms with E-state index in [0.29, 0.717) is 10.9 Å². The van der Waals surface area contributed by atoms with Crippen LogP contribution in [0.25, 0.3) is 0 Å². The maximum atomic E-state index is 12.4. The first-order chi connectivity index (χ1) is 14.4. The number of carboxylic acids is 1. The lowest BCUT2D eigenvalue weighted by atomic mass is 10.1. The molecular weight excluding hydrogens is 426 g/mol. The van der Waals surface area contributed by atoms with Gasteiger partial charge in [0.05, 0.1) is 10.6 Å². The molecule has 1 saturated heterocycles. The number of nitrogens with one attached hydrogen (secondary N) is 2. The van der Waals surface area contributed by atoms with Crippen LogP contribution >= 0.6 is 23.8 Å². The molecule has 0 radical (unpaired) electrons. The van der Waals surface area contributed by atoms with Crippen molar-refractivity contribution in [3.63, 3.8) is 0 Å². The molecule has 0 unspecified atom stereocenters. The number of hydrogen-bond acceptors (Lipinski definition) is 5. The fourth-order valence-corrected chi connectivity index (χ4v) is 3.52. The third kappa shape index (κ3) is 5.91. The molecule has 0 aromatic heterocycles. The first kappa shape index (κ1) is 22.0. The monoisotopic (exact) mass is 447 g/mol. The van der Waals surface area contributed by atoms with Crippen LogP contribution in [0.15, 0.2) is 48.5 Å². The standard InChI is InChI=1S/C21H22ClN3O4S/c22-17-4-2-1-3-16(17)19(26)24-18(20(27)28)13-14-5-7-15(8-6-14)29-21(30)25-11-9-23-10-12-25/h1-8,18,23H,9-13H2,(H,24,26)(H,27,28)/t18-/m0/s1. The Morgan fingerprint density at radius 1 is 1.17 bits per heavy atom. The van der Waals surface area contributed by atoms with Crippen molar-refractivity contribution >= 4 is 40.9 Å². The molecule has 3 rings (SSSR count). The Labute approximate surface area is 185 Å². The molecule has 1 aliphatic rings. The number of carbonyl (C=O) groups excluding carboxylic acids is 1. The number of carboxylic acid groups (broad SMARTS) is 1. The molecule has 1 amide bonds. The van der Waals surface area contributed by atoms with Crippen LogP contribution < -0.4 is 15.4 Å². The highest BCUT2D eigenvalue weighted by Crippen LogP contribution is 2.17. The molecule has 30 heavy (non-hydrogen) atoms. The number of carbonyl (C=O) groups is 2. The SMILES string of the molecule is O=C(N[C@@H](Cc1ccc(OC(=S)N2CCNCC2)cc1)C(=O)O)c1ccccc1Cl. The van der Waals surface area contributed by atoms with Crippen molar-refractivity contribution in [3.8, 4) is 5.75 Å². The third-order valence-corrected chi connectivity index (χ3v) is 5.34. The molecule has 7 nitrogen and oxygen atoms in total. The van der Waals surface area contributed by atoms with Crippen LogP contribution in [0.2, 0.25) is 5.02 Å². The molecule has 1 fully saturated rings. The fraction of sp³-hybridized carbons (Fsp3) is 0.286. The molecule has 0 spiro atoms. The zero-order valence-corrected chi connectivity index (χ0v) is 17.7. The summed E-state index contributed by atoms with van der Waals surface area (Å²) >= 11 is 11.4. The Bertz CT molecular complexity index is 917. The molecule has 0 saturated carbocycles. The van der Waals surface area contributed by atoms with Gasteiger partial charge in [0.15, 0.2) is 0 Å². The second-order valence-corrected chi connectivity index (χ2v) is 7.55. The van der Waals surface area contributed by atoms with E-state index in [4.69, 9.17) is 28.6 Å². The summed E-state index contributed by atoms with van der Waals surface area (Å²) in [6.07, 6.45) is 0.119. The van der Waals surface area contributed by atoms with Gasteiger partial charge in [0.25, 0.3) is 11.1 Å². The van der Waals surface area contributed by atoms with Gasteiger partial charge in [0.1, 0.15) is 11.8 Å². The number of hydrogen-bond donors (Lipinski definition) is 3. The lowest BCUT2D eigenvalue weighted by molar-refractivity contribution is -0.139. The van der Waals surface area contributed by atoms with Gasteiger partial charge in [-0.2, -0.15) is 0 Å². The number of aliphatic carboxylic acids is 1. The molecule has 1 aliphatic heterocycles. The zero-order chi connectivity index (χ0) is 21.5. The van der Waals surface area contributed by atoms with E-state index in [2.05, 4.69) is 10.6 Å². The minimum Gasteiger partial charge on any atom is -0.480 e. The second kappa shape index (κ2) is 10.4. The predicted octanol–water partition coefficient (Wildman–Crippen LogP) is 2.33. The van der Waals surface area contributed by atoms with E-state index in [1.54, 1.807) is 48.5 Å². The Morgan fingerprint density at radius 3 is 2.47 bits per heavy atom. The molecule has 2 aromatic rings. The molecule has 1 heterocycles. The largest absolute Gasteiger partial charge is 0.480 e. The Kier molecular flexibility index (Phi) is 7.62. The average Bonchev–Trinajstić information content (AvgIpc) is 2.75. The van der Waals surface area contributed by atoms with Gasteiger partial charge in [-0.05, 0) is 42.0 Å². The van der Waals surface area contributed by atoms with Crippen molar-refractivity contribution in [2.45, 2.75) is 12.5 Å². The maximum Gasteiger partial charge on any atom is 0.326 e. The molecule has 3 N–H and O–H groups in total. The molecule has 1 atom stereocenters. The van der Waals surface area contributed by atoms with E-state index in [-0.39, 0.29) is 17.0 Å². The van der Waals surface area contributed by atoms with E-state index in [0.717, 1.165) is 31.7 Å². The van der Waals surface area contributed by atoms with Crippen molar-refractivity contribution in [2.24, 2.45) is 0 Å². The van der Waals surface area contributed by atoms with Crippen LogP contribution in [0.1, 0.15) is 15.9 Å². The number of benzene rings is 2. The van der Waals surface area contributed by atoms with Crippen LogP contribution in [0.3, 0.4) is 0 Å². The Hall–Kier alpha value is -2.68. The molecule has 0 bridgehead atoms.